The van der Waals surface area contributed by atoms with E-state index >= 15 is 0 Å². The van der Waals surface area contributed by atoms with E-state index in [0.717, 1.165) is 25.2 Å². The summed E-state index contributed by atoms with van der Waals surface area (Å²) in [6.45, 7) is 9.92. The van der Waals surface area contributed by atoms with Crippen molar-refractivity contribution in [3.63, 3.8) is 0 Å². The van der Waals surface area contributed by atoms with Crippen molar-refractivity contribution in [2.24, 2.45) is 5.92 Å². The summed E-state index contributed by atoms with van der Waals surface area (Å²) in [7, 11) is 0. The number of nitrogens with one attached hydrogen (secondary N) is 2. The molecule has 2 N–H and O–H groups in total. The summed E-state index contributed by atoms with van der Waals surface area (Å²) < 4.78 is 7.33. The Morgan fingerprint density at radius 1 is 1.43 bits per heavy atom. The topological polar surface area (TPSA) is 81.1 Å². The fraction of sp³-hybridized carbons (Fsp3) is 0.812. The van der Waals surface area contributed by atoms with Crippen molar-refractivity contribution >= 4 is 6.09 Å². The van der Waals surface area contributed by atoms with Crippen LogP contribution >= 0.6 is 0 Å². The van der Waals surface area contributed by atoms with Gasteiger partial charge in [-0.1, -0.05) is 6.42 Å². The monoisotopic (exact) mass is 323 g/mol. The Hall–Kier alpha value is -1.63. The van der Waals surface area contributed by atoms with E-state index in [0.29, 0.717) is 25.0 Å². The minimum Gasteiger partial charge on any atom is -0.444 e. The van der Waals surface area contributed by atoms with Crippen LogP contribution in [-0.2, 0) is 17.8 Å². The predicted molar refractivity (Wildman–Crippen MR) is 87.9 cm³/mol. The lowest BCUT2D eigenvalue weighted by Crippen LogP contribution is -2.41. The zero-order valence-electron chi connectivity index (χ0n) is 14.6. The third kappa shape index (κ3) is 5.49. The molecule has 7 heteroatoms. The maximum atomic E-state index is 11.8. The molecule has 1 amide bonds. The highest BCUT2D eigenvalue weighted by Gasteiger charge is 2.28. The molecular weight excluding hydrogens is 294 g/mol. The first-order chi connectivity index (χ1) is 10.9. The van der Waals surface area contributed by atoms with Crippen molar-refractivity contribution in [3.05, 3.63) is 12.2 Å². The minimum atomic E-state index is -0.457. The quantitative estimate of drug-likeness (QED) is 0.838. The summed E-state index contributed by atoms with van der Waals surface area (Å²) in [5.41, 5.74) is -0.457. The predicted octanol–water partition coefficient (Wildman–Crippen LogP) is 2.08. The van der Waals surface area contributed by atoms with E-state index in [1.807, 2.05) is 25.3 Å². The molecule has 0 aliphatic heterocycles. The van der Waals surface area contributed by atoms with E-state index in [1.54, 1.807) is 6.33 Å². The van der Waals surface area contributed by atoms with Gasteiger partial charge >= 0.3 is 6.09 Å². The molecule has 2 atom stereocenters. The molecule has 1 aliphatic carbocycles. The van der Waals surface area contributed by atoms with E-state index in [2.05, 4.69) is 27.8 Å². The van der Waals surface area contributed by atoms with Gasteiger partial charge in [-0.15, -0.1) is 10.2 Å². The Balaban J connectivity index is 1.78. The van der Waals surface area contributed by atoms with Gasteiger partial charge in [0.25, 0.3) is 0 Å². The number of amides is 1. The molecule has 1 fully saturated rings. The molecule has 1 aromatic heterocycles. The molecule has 0 aromatic carbocycles. The maximum Gasteiger partial charge on any atom is 0.407 e. The molecule has 2 rings (SSSR count). The summed E-state index contributed by atoms with van der Waals surface area (Å²) in [4.78, 5) is 11.8. The summed E-state index contributed by atoms with van der Waals surface area (Å²) in [6, 6.07) is 0.395. The van der Waals surface area contributed by atoms with E-state index in [9.17, 15) is 4.79 Å². The van der Waals surface area contributed by atoms with E-state index in [4.69, 9.17) is 4.74 Å². The highest BCUT2D eigenvalue weighted by Crippen LogP contribution is 2.25. The second-order valence-electron chi connectivity index (χ2n) is 7.09. The Bertz CT molecular complexity index is 509. The highest BCUT2D eigenvalue weighted by molar-refractivity contribution is 5.67. The van der Waals surface area contributed by atoms with Gasteiger partial charge < -0.3 is 19.9 Å². The van der Waals surface area contributed by atoms with Crippen LogP contribution in [0.1, 0.15) is 52.8 Å². The Labute approximate surface area is 138 Å². The van der Waals surface area contributed by atoms with Gasteiger partial charge in [0.15, 0.2) is 0 Å². The smallest absolute Gasteiger partial charge is 0.407 e. The standard InChI is InChI=1S/C16H29N5O2/c1-5-21-11-19-20-14(21)10-17-13-8-6-7-12(13)9-18-15(22)23-16(2,3)4/h11-13,17H,5-10H2,1-4H3,(H,18,22). The van der Waals surface area contributed by atoms with Crippen LogP contribution in [0.25, 0.3) is 0 Å². The van der Waals surface area contributed by atoms with Crippen LogP contribution in [0, 0.1) is 5.92 Å². The fourth-order valence-corrected chi connectivity index (χ4v) is 2.98. The fourth-order valence-electron chi connectivity index (χ4n) is 2.98. The van der Waals surface area contributed by atoms with Gasteiger partial charge in [0, 0.05) is 19.1 Å². The summed E-state index contributed by atoms with van der Waals surface area (Å²) in [5, 5.41) is 14.6. The number of hydrogen-bond donors (Lipinski definition) is 2. The van der Waals surface area contributed by atoms with Crippen LogP contribution in [-0.4, -0.2) is 39.0 Å². The summed E-state index contributed by atoms with van der Waals surface area (Å²) in [6.07, 6.45) is 4.84. The number of aryl methyl sites for hydroxylation is 1. The summed E-state index contributed by atoms with van der Waals surface area (Å²) >= 11 is 0. The average molecular weight is 323 g/mol. The van der Waals surface area contributed by atoms with Crippen molar-refractivity contribution in [2.45, 2.75) is 71.7 Å². The zero-order chi connectivity index (χ0) is 16.9. The normalized spacial score (nSPS) is 21.4. The number of nitrogens with zero attached hydrogens (tertiary/aromatic N) is 3. The molecule has 0 saturated heterocycles. The van der Waals surface area contributed by atoms with Crippen LogP contribution in [0.4, 0.5) is 4.79 Å². The van der Waals surface area contributed by atoms with Crippen molar-refractivity contribution in [1.82, 2.24) is 25.4 Å². The lowest BCUT2D eigenvalue weighted by Gasteiger charge is -2.23. The number of aromatic nitrogens is 3. The first-order valence-corrected chi connectivity index (χ1v) is 8.46. The Morgan fingerprint density at radius 2 is 2.22 bits per heavy atom. The molecule has 1 aromatic rings. The van der Waals surface area contributed by atoms with Gasteiger partial charge in [-0.3, -0.25) is 0 Å². The van der Waals surface area contributed by atoms with Crippen molar-refractivity contribution in [3.8, 4) is 0 Å². The van der Waals surface area contributed by atoms with Crippen LogP contribution in [0.15, 0.2) is 6.33 Å². The van der Waals surface area contributed by atoms with Crippen LogP contribution in [0.5, 0.6) is 0 Å². The third-order valence-electron chi connectivity index (χ3n) is 4.13. The van der Waals surface area contributed by atoms with Crippen LogP contribution in [0.2, 0.25) is 0 Å². The molecule has 0 spiro atoms. The van der Waals surface area contributed by atoms with Gasteiger partial charge in [-0.2, -0.15) is 0 Å². The summed E-state index contributed by atoms with van der Waals surface area (Å²) in [5.74, 6) is 1.39. The van der Waals surface area contributed by atoms with E-state index in [-0.39, 0.29) is 6.09 Å². The molecular formula is C16H29N5O2. The van der Waals surface area contributed by atoms with Gasteiger partial charge in [-0.05, 0) is 46.5 Å². The third-order valence-corrected chi connectivity index (χ3v) is 4.13. The number of ether oxygens (including phenoxy) is 1. The lowest BCUT2D eigenvalue weighted by molar-refractivity contribution is 0.0517. The second-order valence-corrected chi connectivity index (χ2v) is 7.09. The van der Waals surface area contributed by atoms with E-state index in [1.165, 1.54) is 6.42 Å². The van der Waals surface area contributed by atoms with E-state index < -0.39 is 5.60 Å². The zero-order valence-corrected chi connectivity index (χ0v) is 14.6. The van der Waals surface area contributed by atoms with Gasteiger partial charge in [0.2, 0.25) is 0 Å². The molecule has 2 unspecified atom stereocenters. The molecule has 0 radical (unpaired) electrons. The molecule has 23 heavy (non-hydrogen) atoms. The molecule has 7 nitrogen and oxygen atoms in total. The second kappa shape index (κ2) is 7.77. The first-order valence-electron chi connectivity index (χ1n) is 8.46. The number of rotatable bonds is 6. The molecule has 0 bridgehead atoms. The molecule has 1 aliphatic rings. The number of carbonyl (C=O) groups excluding carboxylic acids is 1. The highest BCUT2D eigenvalue weighted by atomic mass is 16.6. The van der Waals surface area contributed by atoms with Crippen LogP contribution < -0.4 is 10.6 Å². The largest absolute Gasteiger partial charge is 0.444 e. The molecule has 1 heterocycles. The SMILES string of the molecule is CCn1cnnc1CNC1CCCC1CNC(=O)OC(C)(C)C. The van der Waals surface area contributed by atoms with Crippen molar-refractivity contribution in [1.29, 1.82) is 0 Å². The Kier molecular flexibility index (Phi) is 5.98. The number of hydrogen-bond acceptors (Lipinski definition) is 5. The van der Waals surface area contributed by atoms with Gasteiger partial charge in [-0.25, -0.2) is 4.79 Å². The van der Waals surface area contributed by atoms with Gasteiger partial charge in [0.05, 0.1) is 6.54 Å². The molecule has 1 saturated carbocycles. The first kappa shape index (κ1) is 17.7. The number of alkyl carbamates (subject to hydrolysis) is 1. The molecule has 130 valence electrons. The van der Waals surface area contributed by atoms with Crippen LogP contribution in [0.3, 0.4) is 0 Å². The number of carbonyl (C=O) groups is 1. The van der Waals surface area contributed by atoms with Crippen molar-refractivity contribution in [2.75, 3.05) is 6.54 Å². The maximum absolute atomic E-state index is 11.8. The Morgan fingerprint density at radius 3 is 2.91 bits per heavy atom. The van der Waals surface area contributed by atoms with Crippen molar-refractivity contribution < 1.29 is 9.53 Å². The average Bonchev–Trinajstić information content (AvgIpc) is 3.09. The lowest BCUT2D eigenvalue weighted by atomic mass is 10.0. The minimum absolute atomic E-state index is 0.339. The van der Waals surface area contributed by atoms with Gasteiger partial charge in [0.1, 0.15) is 17.8 Å².